The topological polar surface area (TPSA) is 142 Å². The van der Waals surface area contributed by atoms with Crippen molar-refractivity contribution in [3.8, 4) is 83.4 Å². The van der Waals surface area contributed by atoms with Crippen molar-refractivity contribution in [3.05, 3.63) is 0 Å². The Morgan fingerprint density at radius 3 is 1.83 bits per heavy atom. The van der Waals surface area contributed by atoms with Crippen molar-refractivity contribution >= 4 is 37.5 Å². The van der Waals surface area contributed by atoms with E-state index in [9.17, 15) is 28.7 Å². The Balaban J connectivity index is -0.0000000190. The summed E-state index contributed by atoms with van der Waals surface area (Å²) < 4.78 is 23.8. The number of carbonyl (C=O) groups excluding carboxylic acids is 3. The fourth-order valence-corrected chi connectivity index (χ4v) is 1.44. The molecule has 1 atom stereocenters. The molecule has 0 aromatic carbocycles. The number of hydrogen-bond acceptors (Lipinski definition) is 9. The summed E-state index contributed by atoms with van der Waals surface area (Å²) in [5, 5.41) is -0.139. The van der Waals surface area contributed by atoms with E-state index in [0.717, 1.165) is 0 Å². The first kappa shape index (κ1) is 40.2. The quantitative estimate of drug-likeness (QED) is 0.0882. The molecule has 0 aliphatic rings. The van der Waals surface area contributed by atoms with Crippen LogP contribution in [0.2, 0.25) is 0 Å². The smallest absolute Gasteiger partial charge is 0.790 e. The molecular weight excluding hydrogens is 517 g/mol. The first-order chi connectivity index (χ1) is 15.5. The number of carbonyl (C=O) groups is 3. The maximum Gasteiger partial charge on any atom is 1.00 e. The van der Waals surface area contributed by atoms with Crippen molar-refractivity contribution in [2.45, 2.75) is 20.0 Å². The Kier molecular flexibility index (Phi) is 30.5. The molecule has 0 aromatic heterocycles. The molecule has 0 aliphatic heterocycles. The summed E-state index contributed by atoms with van der Waals surface area (Å²) in [4.78, 5) is 53.2. The SMILES string of the molecule is C#CC#CC(=O)O[C@@H](COC(=O)C#CC#CC#CC#CC#CC)COP(=O)([O-])[O-].CC(=O)S.[HH].[HH].[HH].[HH].[HH].[HH].[HH].[HH].[HH].[HH].[HH].[HH].[HH].[HH].[HH].[HH].[HH].[HH].[Na+].[Na+]. The molecule has 0 saturated heterocycles. The molecule has 0 radical (unpaired) electrons. The molecule has 204 valence electrons. The maximum absolute atomic E-state index is 11.5. The van der Waals surface area contributed by atoms with E-state index in [1.165, 1.54) is 6.92 Å². The van der Waals surface area contributed by atoms with E-state index in [1.807, 2.05) is 23.7 Å². The van der Waals surface area contributed by atoms with Gasteiger partial charge >= 0.3 is 71.1 Å². The van der Waals surface area contributed by atoms with Crippen molar-refractivity contribution in [2.75, 3.05) is 13.2 Å². The summed E-state index contributed by atoms with van der Waals surface area (Å²) in [7, 11) is -5.35. The number of terminal acetylenes is 1. The van der Waals surface area contributed by atoms with E-state index >= 15 is 0 Å². The molecule has 0 aliphatic carbocycles. The van der Waals surface area contributed by atoms with Crippen LogP contribution >= 0.6 is 20.5 Å². The molecule has 0 rings (SSSR count). The predicted molar refractivity (Wildman–Crippen MR) is 153 cm³/mol. The number of ether oxygens (including phenoxy) is 2. The molecule has 0 spiro atoms. The van der Waals surface area contributed by atoms with E-state index in [0.29, 0.717) is 0 Å². The minimum Gasteiger partial charge on any atom is -0.790 e. The van der Waals surface area contributed by atoms with Crippen LogP contribution in [0.3, 0.4) is 0 Å². The molecule has 0 aromatic rings. The average Bonchev–Trinajstić information content (AvgIpc) is 2.72. The average molecular weight is 567 g/mol. The number of hydrogen-bond donors (Lipinski definition) is 1. The van der Waals surface area contributed by atoms with Crippen LogP contribution in [0.25, 0.3) is 0 Å². The van der Waals surface area contributed by atoms with Crippen LogP contribution in [-0.2, 0) is 32.9 Å². The van der Waals surface area contributed by atoms with Gasteiger partial charge in [0.25, 0.3) is 0 Å². The Morgan fingerprint density at radius 2 is 1.37 bits per heavy atom. The molecule has 0 heterocycles. The van der Waals surface area contributed by atoms with Gasteiger partial charge in [0, 0.05) is 44.4 Å². The molecule has 0 bridgehead atoms. The Hall–Kier alpha value is -2.01. The van der Waals surface area contributed by atoms with Crippen molar-refractivity contribution in [3.63, 3.8) is 0 Å². The maximum atomic E-state index is 11.5. The number of phosphoric ester groups is 1. The summed E-state index contributed by atoms with van der Waals surface area (Å²) in [6.07, 6.45) is 3.39. The minimum absolute atomic E-state index is 0. The van der Waals surface area contributed by atoms with Crippen LogP contribution in [0.4, 0.5) is 0 Å². The summed E-state index contributed by atoms with van der Waals surface area (Å²) in [6, 6.07) is 0. The van der Waals surface area contributed by atoms with Gasteiger partial charge in [-0.25, -0.2) is 9.59 Å². The van der Waals surface area contributed by atoms with E-state index in [4.69, 9.17) is 6.42 Å². The molecule has 9 nitrogen and oxygen atoms in total. The largest absolute Gasteiger partial charge is 1.00 e. The Morgan fingerprint density at radius 1 is 0.914 bits per heavy atom. The van der Waals surface area contributed by atoms with Gasteiger partial charge in [0.05, 0.1) is 14.4 Å². The fraction of sp³-hybridized carbons (Fsp3) is 0.227. The number of thiol groups is 1. The van der Waals surface area contributed by atoms with Gasteiger partial charge in [0.2, 0.25) is 0 Å². The van der Waals surface area contributed by atoms with Gasteiger partial charge in [-0.3, -0.25) is 4.79 Å². The summed E-state index contributed by atoms with van der Waals surface area (Å²) in [5.74, 6) is 26.7. The van der Waals surface area contributed by atoms with E-state index in [-0.39, 0.29) is 89.9 Å². The van der Waals surface area contributed by atoms with E-state index in [1.54, 1.807) is 6.92 Å². The van der Waals surface area contributed by atoms with Crippen LogP contribution in [-0.4, -0.2) is 36.4 Å². The van der Waals surface area contributed by atoms with Crippen molar-refractivity contribution in [1.29, 1.82) is 0 Å². The Bertz CT molecular complexity index is 1240. The van der Waals surface area contributed by atoms with Gasteiger partial charge in [0.15, 0.2) is 11.2 Å². The Labute approximate surface area is 280 Å². The molecule has 35 heavy (non-hydrogen) atoms. The number of phosphoric acid groups is 1. The van der Waals surface area contributed by atoms with Gasteiger partial charge in [-0.1, -0.05) is 5.92 Å². The molecule has 0 amide bonds. The van der Waals surface area contributed by atoms with Crippen LogP contribution in [0.1, 0.15) is 39.5 Å². The zero-order valence-corrected chi connectivity index (χ0v) is 24.9. The van der Waals surface area contributed by atoms with Crippen molar-refractivity contribution < 1.29 is 128 Å². The van der Waals surface area contributed by atoms with Gasteiger partial charge in [-0.15, -0.1) is 19.1 Å². The van der Waals surface area contributed by atoms with Crippen LogP contribution in [0.5, 0.6) is 0 Å². The standard InChI is InChI=1S/C20H11O8P.C2H4OS.2Na.18H2/c1-3-5-7-8-9-10-11-12-13-15-19(21)26-16-18(17-27-29(23,24)25)28-20(22)14-6-4-2;1-2(3)4;;;;;;;;;;;;;;;;;;;;/h2,18H,16-17H2,1H3,(H2,23,24,25);1H3,(H,3,4);;;18*1H/q;;2*+1;;;;;;;;;;;;;;;;;;/p-2/t18-;;;;;;;;;;;;;;;;;;;;;/m0...................../s1. The number of rotatable bonds is 6. The first-order valence-electron chi connectivity index (χ1n) is 8.14. The second-order valence-electron chi connectivity index (χ2n) is 4.66. The fourth-order valence-electron chi connectivity index (χ4n) is 1.10. The normalized spacial score (nSPS) is 8.11. The monoisotopic (exact) mass is 566 g/mol. The van der Waals surface area contributed by atoms with Crippen molar-refractivity contribution in [1.82, 2.24) is 0 Å². The predicted octanol–water partition coefficient (Wildman–Crippen LogP) is -3.14. The molecule has 0 saturated carbocycles. The summed E-state index contributed by atoms with van der Waals surface area (Å²) in [5.41, 5.74) is 0. The van der Waals surface area contributed by atoms with Gasteiger partial charge in [0.1, 0.15) is 6.61 Å². The third-order valence-electron chi connectivity index (χ3n) is 2.06. The zero-order valence-electron chi connectivity index (χ0n) is 19.1. The zero-order chi connectivity index (χ0) is 25.5. The van der Waals surface area contributed by atoms with Crippen LogP contribution in [0, 0.1) is 83.4 Å². The molecule has 13 heteroatoms. The van der Waals surface area contributed by atoms with Crippen LogP contribution < -0.4 is 68.9 Å². The van der Waals surface area contributed by atoms with Gasteiger partial charge in [-0.05, 0) is 66.1 Å². The number of esters is 2. The van der Waals surface area contributed by atoms with Crippen LogP contribution in [0.15, 0.2) is 0 Å². The molecule has 0 N–H and O–H groups in total. The van der Waals surface area contributed by atoms with E-state index in [2.05, 4.69) is 79.9 Å². The van der Waals surface area contributed by atoms with Crippen molar-refractivity contribution in [2.24, 2.45) is 0 Å². The second kappa shape index (κ2) is 26.6. The van der Waals surface area contributed by atoms with Gasteiger partial charge in [-0.2, -0.15) is 0 Å². The summed E-state index contributed by atoms with van der Waals surface area (Å²) >= 11 is 3.33. The van der Waals surface area contributed by atoms with Gasteiger partial charge < -0.3 is 28.3 Å². The minimum atomic E-state index is -5.35. The molecule has 0 fully saturated rings. The molecule has 0 unspecified atom stereocenters. The third kappa shape index (κ3) is 36.7. The second-order valence-corrected chi connectivity index (χ2v) is 6.44. The third-order valence-corrected chi connectivity index (χ3v) is 2.52. The molecular formula is C22H49Na2O9PS. The van der Waals surface area contributed by atoms with E-state index < -0.39 is 39.1 Å². The first-order valence-corrected chi connectivity index (χ1v) is 10.1. The summed E-state index contributed by atoms with van der Waals surface area (Å²) in [6.45, 7) is 1.45.